The minimum Gasteiger partial charge on any atom is -0.497 e. The van der Waals surface area contributed by atoms with Crippen LogP contribution in [0.15, 0.2) is 48.5 Å². The molecular formula is C19H20N2O4. The lowest BCUT2D eigenvalue weighted by Crippen LogP contribution is -2.24. The summed E-state index contributed by atoms with van der Waals surface area (Å²) in [6, 6.07) is 14.3. The van der Waals surface area contributed by atoms with Crippen LogP contribution in [0.25, 0.3) is 0 Å². The number of nitrogens with zero attached hydrogens (tertiary/aromatic N) is 1. The molecule has 0 radical (unpaired) electrons. The number of benzene rings is 2. The van der Waals surface area contributed by atoms with Crippen molar-refractivity contribution in [3.05, 3.63) is 48.5 Å². The average molecular weight is 340 g/mol. The molecule has 0 atom stereocenters. The Balaban J connectivity index is 1.55. The van der Waals surface area contributed by atoms with Gasteiger partial charge in [0.05, 0.1) is 7.11 Å². The van der Waals surface area contributed by atoms with Crippen LogP contribution in [0, 0.1) is 0 Å². The third kappa shape index (κ3) is 4.29. The molecule has 1 N–H and O–H groups in total. The first-order valence-corrected chi connectivity index (χ1v) is 8.13. The van der Waals surface area contributed by atoms with Gasteiger partial charge in [-0.05, 0) is 42.8 Å². The fourth-order valence-corrected chi connectivity index (χ4v) is 2.68. The van der Waals surface area contributed by atoms with Gasteiger partial charge in [0.15, 0.2) is 6.61 Å². The Morgan fingerprint density at radius 1 is 1.16 bits per heavy atom. The van der Waals surface area contributed by atoms with Crippen LogP contribution in [0.2, 0.25) is 0 Å². The number of nitrogens with one attached hydrogen (secondary N) is 1. The molecule has 0 bridgehead atoms. The molecule has 1 aliphatic rings. The van der Waals surface area contributed by atoms with Crippen LogP contribution in [0.5, 0.6) is 11.5 Å². The highest BCUT2D eigenvalue weighted by atomic mass is 16.5. The third-order valence-corrected chi connectivity index (χ3v) is 3.95. The predicted octanol–water partition coefficient (Wildman–Crippen LogP) is 2.84. The smallest absolute Gasteiger partial charge is 0.262 e. The maximum Gasteiger partial charge on any atom is 0.262 e. The molecule has 1 aliphatic heterocycles. The van der Waals surface area contributed by atoms with Crippen molar-refractivity contribution in [3.8, 4) is 11.5 Å². The van der Waals surface area contributed by atoms with Gasteiger partial charge in [-0.15, -0.1) is 0 Å². The number of methoxy groups -OCH3 is 1. The number of amides is 2. The second kappa shape index (κ2) is 7.70. The van der Waals surface area contributed by atoms with Crippen LogP contribution in [0.3, 0.4) is 0 Å². The lowest BCUT2D eigenvalue weighted by atomic mass is 10.3. The quantitative estimate of drug-likeness (QED) is 0.878. The molecule has 1 fully saturated rings. The zero-order valence-corrected chi connectivity index (χ0v) is 14.0. The summed E-state index contributed by atoms with van der Waals surface area (Å²) in [6.45, 7) is 0.615. The lowest BCUT2D eigenvalue weighted by molar-refractivity contribution is -0.118. The number of carbonyl (C=O) groups excluding carboxylic acids is 2. The minimum atomic E-state index is -0.257. The third-order valence-electron chi connectivity index (χ3n) is 3.95. The van der Waals surface area contributed by atoms with Gasteiger partial charge in [0, 0.05) is 30.4 Å². The number of ether oxygens (including phenoxy) is 2. The molecule has 1 heterocycles. The first-order chi connectivity index (χ1) is 12.2. The van der Waals surface area contributed by atoms with Gasteiger partial charge in [0.1, 0.15) is 11.5 Å². The number of hydrogen-bond donors (Lipinski definition) is 1. The van der Waals surface area contributed by atoms with Crippen molar-refractivity contribution in [1.82, 2.24) is 0 Å². The Labute approximate surface area is 146 Å². The zero-order valence-electron chi connectivity index (χ0n) is 14.0. The van der Waals surface area contributed by atoms with E-state index < -0.39 is 0 Å². The van der Waals surface area contributed by atoms with E-state index in [1.807, 2.05) is 12.1 Å². The molecule has 6 heteroatoms. The molecule has 130 valence electrons. The van der Waals surface area contributed by atoms with Crippen molar-refractivity contribution < 1.29 is 19.1 Å². The van der Waals surface area contributed by atoms with Crippen molar-refractivity contribution in [2.45, 2.75) is 12.8 Å². The van der Waals surface area contributed by atoms with Crippen molar-refractivity contribution >= 4 is 23.2 Å². The maximum atomic E-state index is 12.0. The molecule has 6 nitrogen and oxygen atoms in total. The van der Waals surface area contributed by atoms with Crippen molar-refractivity contribution in [2.75, 3.05) is 30.5 Å². The van der Waals surface area contributed by atoms with E-state index in [0.717, 1.165) is 24.4 Å². The summed E-state index contributed by atoms with van der Waals surface area (Å²) in [7, 11) is 1.59. The molecule has 2 aromatic rings. The van der Waals surface area contributed by atoms with Crippen LogP contribution in [-0.2, 0) is 9.59 Å². The SMILES string of the molecule is COc1ccc(NC(=O)COc2cccc(N3CCCC3=O)c2)cc1. The summed E-state index contributed by atoms with van der Waals surface area (Å²) < 4.78 is 10.6. The highest BCUT2D eigenvalue weighted by Gasteiger charge is 2.21. The minimum absolute atomic E-state index is 0.108. The largest absolute Gasteiger partial charge is 0.497 e. The predicted molar refractivity (Wildman–Crippen MR) is 95.1 cm³/mol. The Bertz CT molecular complexity index is 758. The first kappa shape index (κ1) is 16.8. The van der Waals surface area contributed by atoms with Gasteiger partial charge in [0.2, 0.25) is 5.91 Å². The van der Waals surface area contributed by atoms with E-state index in [-0.39, 0.29) is 18.4 Å². The standard InChI is InChI=1S/C19H20N2O4/c1-24-16-9-7-14(8-10-16)20-18(22)13-25-17-5-2-4-15(12-17)21-11-3-6-19(21)23/h2,4-5,7-10,12H,3,6,11,13H2,1H3,(H,20,22). The lowest BCUT2D eigenvalue weighted by Gasteiger charge is -2.16. The molecular weight excluding hydrogens is 320 g/mol. The Kier molecular flexibility index (Phi) is 5.18. The fourth-order valence-electron chi connectivity index (χ4n) is 2.68. The van der Waals surface area contributed by atoms with E-state index in [4.69, 9.17) is 9.47 Å². The van der Waals surface area contributed by atoms with Crippen molar-refractivity contribution in [1.29, 1.82) is 0 Å². The van der Waals surface area contributed by atoms with Gasteiger partial charge < -0.3 is 19.7 Å². The number of rotatable bonds is 6. The molecule has 25 heavy (non-hydrogen) atoms. The first-order valence-electron chi connectivity index (χ1n) is 8.13. The van der Waals surface area contributed by atoms with Gasteiger partial charge in [-0.2, -0.15) is 0 Å². The molecule has 1 saturated heterocycles. The van der Waals surface area contributed by atoms with Gasteiger partial charge in [0.25, 0.3) is 5.91 Å². The number of hydrogen-bond acceptors (Lipinski definition) is 4. The summed E-state index contributed by atoms with van der Waals surface area (Å²) in [5.41, 5.74) is 1.47. The Morgan fingerprint density at radius 3 is 2.64 bits per heavy atom. The molecule has 2 amide bonds. The fraction of sp³-hybridized carbons (Fsp3) is 0.263. The molecule has 0 aromatic heterocycles. The second-order valence-corrected chi connectivity index (χ2v) is 5.71. The molecule has 0 spiro atoms. The highest BCUT2D eigenvalue weighted by Crippen LogP contribution is 2.25. The van der Waals surface area contributed by atoms with E-state index >= 15 is 0 Å². The van der Waals surface area contributed by atoms with Gasteiger partial charge >= 0.3 is 0 Å². The van der Waals surface area contributed by atoms with Crippen LogP contribution in [-0.4, -0.2) is 32.1 Å². The van der Waals surface area contributed by atoms with Crippen LogP contribution < -0.4 is 19.7 Å². The number of carbonyl (C=O) groups is 2. The summed E-state index contributed by atoms with van der Waals surface area (Å²) in [5, 5.41) is 2.76. The van der Waals surface area contributed by atoms with Crippen LogP contribution >= 0.6 is 0 Å². The molecule has 0 saturated carbocycles. The zero-order chi connectivity index (χ0) is 17.6. The number of anilines is 2. The van der Waals surface area contributed by atoms with Gasteiger partial charge in [-0.3, -0.25) is 9.59 Å². The average Bonchev–Trinajstić information content (AvgIpc) is 3.07. The van der Waals surface area contributed by atoms with E-state index in [1.165, 1.54) is 0 Å². The highest BCUT2D eigenvalue weighted by molar-refractivity contribution is 5.95. The monoisotopic (exact) mass is 340 g/mol. The Morgan fingerprint density at radius 2 is 1.96 bits per heavy atom. The van der Waals surface area contributed by atoms with Gasteiger partial charge in [-0.25, -0.2) is 0 Å². The van der Waals surface area contributed by atoms with E-state index in [0.29, 0.717) is 17.9 Å². The Hall–Kier alpha value is -3.02. The molecule has 3 rings (SSSR count). The molecule has 2 aromatic carbocycles. The summed E-state index contributed by atoms with van der Waals surface area (Å²) in [5.74, 6) is 1.15. The van der Waals surface area contributed by atoms with Crippen LogP contribution in [0.1, 0.15) is 12.8 Å². The van der Waals surface area contributed by atoms with E-state index in [2.05, 4.69) is 5.32 Å². The second-order valence-electron chi connectivity index (χ2n) is 5.71. The van der Waals surface area contributed by atoms with E-state index in [9.17, 15) is 9.59 Å². The molecule has 0 aliphatic carbocycles. The summed E-state index contributed by atoms with van der Waals surface area (Å²) in [6.07, 6.45) is 1.45. The molecule has 0 unspecified atom stereocenters. The van der Waals surface area contributed by atoms with Gasteiger partial charge in [-0.1, -0.05) is 6.07 Å². The summed E-state index contributed by atoms with van der Waals surface area (Å²) in [4.78, 5) is 25.6. The van der Waals surface area contributed by atoms with Crippen molar-refractivity contribution in [2.24, 2.45) is 0 Å². The van der Waals surface area contributed by atoms with E-state index in [1.54, 1.807) is 48.4 Å². The topological polar surface area (TPSA) is 67.9 Å². The van der Waals surface area contributed by atoms with Crippen LogP contribution in [0.4, 0.5) is 11.4 Å². The maximum absolute atomic E-state index is 12.0. The normalized spacial score (nSPS) is 13.6. The summed E-state index contributed by atoms with van der Waals surface area (Å²) >= 11 is 0. The van der Waals surface area contributed by atoms with Crippen molar-refractivity contribution in [3.63, 3.8) is 0 Å².